The van der Waals surface area contributed by atoms with Crippen LogP contribution >= 0.6 is 34.8 Å². The number of hydrogen-bond donors (Lipinski definition) is 1. The van der Waals surface area contributed by atoms with E-state index < -0.39 is 29.3 Å². The average molecular weight is 535 g/mol. The smallest absolute Gasteiger partial charge is 0.300 e. The highest BCUT2D eigenvalue weighted by Crippen LogP contribution is 2.44. The van der Waals surface area contributed by atoms with Crippen molar-refractivity contribution in [1.82, 2.24) is 0 Å². The van der Waals surface area contributed by atoms with Crippen LogP contribution in [-0.4, -0.2) is 23.9 Å². The van der Waals surface area contributed by atoms with E-state index in [1.54, 1.807) is 12.1 Å². The topological polar surface area (TPSA) is 66.8 Å². The molecular weight excluding hydrogens is 516 g/mol. The van der Waals surface area contributed by atoms with Crippen LogP contribution in [0.4, 0.5) is 10.1 Å². The molecule has 1 saturated heterocycles. The third-order valence-corrected chi connectivity index (χ3v) is 6.66. The van der Waals surface area contributed by atoms with Crippen LogP contribution in [0.2, 0.25) is 15.1 Å². The minimum absolute atomic E-state index is 0.116. The summed E-state index contributed by atoms with van der Waals surface area (Å²) in [7, 11) is 1.39. The maximum absolute atomic E-state index is 13.8. The van der Waals surface area contributed by atoms with E-state index in [4.69, 9.17) is 39.5 Å². The first-order valence-electron chi connectivity index (χ1n) is 10.6. The molecule has 1 aliphatic rings. The van der Waals surface area contributed by atoms with Gasteiger partial charge in [0.15, 0.2) is 5.75 Å². The Morgan fingerprint density at radius 3 is 2.17 bits per heavy atom. The van der Waals surface area contributed by atoms with Gasteiger partial charge in [0, 0.05) is 11.3 Å². The number of halogens is 4. The maximum atomic E-state index is 13.8. The highest BCUT2D eigenvalue weighted by molar-refractivity contribution is 6.52. The van der Waals surface area contributed by atoms with Gasteiger partial charge in [0.2, 0.25) is 0 Å². The fraction of sp³-hybridized carbons (Fsp3) is 0.154. The number of hydrogen-bond acceptors (Lipinski definition) is 4. The van der Waals surface area contributed by atoms with Crippen LogP contribution < -0.4 is 9.64 Å². The monoisotopic (exact) mass is 533 g/mol. The van der Waals surface area contributed by atoms with Crippen LogP contribution in [0.25, 0.3) is 5.76 Å². The molecule has 0 radical (unpaired) electrons. The summed E-state index contributed by atoms with van der Waals surface area (Å²) in [6.45, 7) is 2.00. The molecule has 3 aromatic rings. The zero-order valence-electron chi connectivity index (χ0n) is 18.6. The molecule has 0 aliphatic carbocycles. The van der Waals surface area contributed by atoms with Gasteiger partial charge in [0.25, 0.3) is 11.7 Å². The van der Waals surface area contributed by atoms with Gasteiger partial charge in [0.1, 0.15) is 11.6 Å². The second-order valence-corrected chi connectivity index (χ2v) is 9.06. The predicted octanol–water partition coefficient (Wildman–Crippen LogP) is 6.98. The molecule has 1 N–H and O–H groups in total. The van der Waals surface area contributed by atoms with Crippen LogP contribution in [0.1, 0.15) is 29.7 Å². The molecule has 0 aromatic heterocycles. The Morgan fingerprint density at radius 1 is 1.00 bits per heavy atom. The van der Waals surface area contributed by atoms with Crippen LogP contribution in [0.5, 0.6) is 5.75 Å². The van der Waals surface area contributed by atoms with Gasteiger partial charge < -0.3 is 9.84 Å². The molecule has 4 rings (SSSR count). The fourth-order valence-corrected chi connectivity index (χ4v) is 4.85. The second kappa shape index (κ2) is 9.90. The van der Waals surface area contributed by atoms with Gasteiger partial charge in [-0.05, 0) is 47.9 Å². The molecule has 1 fully saturated rings. The molecule has 5 nitrogen and oxygen atoms in total. The van der Waals surface area contributed by atoms with E-state index in [2.05, 4.69) is 0 Å². The zero-order chi connectivity index (χ0) is 25.4. The van der Waals surface area contributed by atoms with Crippen molar-refractivity contribution in [3.05, 3.63) is 97.7 Å². The number of aryl methyl sites for hydroxylation is 1. The number of amides is 1. The first-order chi connectivity index (χ1) is 16.7. The Morgan fingerprint density at radius 2 is 1.63 bits per heavy atom. The third-order valence-electron chi connectivity index (χ3n) is 5.81. The molecule has 3 aromatic carbocycles. The molecule has 0 bridgehead atoms. The number of carbonyl (C=O) groups is 2. The number of aliphatic hydroxyl groups excluding tert-OH is 1. The van der Waals surface area contributed by atoms with Gasteiger partial charge in [-0.1, -0.05) is 66.0 Å². The summed E-state index contributed by atoms with van der Waals surface area (Å²) in [6, 6.07) is 12.8. The lowest BCUT2D eigenvalue weighted by molar-refractivity contribution is -0.132. The van der Waals surface area contributed by atoms with E-state index in [9.17, 15) is 19.1 Å². The number of Topliss-reactive ketones (excluding diaryl/α,β-unsaturated/α-hetero) is 1. The maximum Gasteiger partial charge on any atom is 0.300 e. The number of aliphatic hydroxyl groups is 1. The van der Waals surface area contributed by atoms with Crippen LogP contribution in [0.15, 0.2) is 60.2 Å². The molecule has 0 spiro atoms. The quantitative estimate of drug-likeness (QED) is 0.218. The summed E-state index contributed by atoms with van der Waals surface area (Å²) in [5, 5.41) is 11.3. The summed E-state index contributed by atoms with van der Waals surface area (Å²) in [5.74, 6) is -2.74. The Labute approximate surface area is 216 Å². The van der Waals surface area contributed by atoms with Crippen molar-refractivity contribution in [2.24, 2.45) is 0 Å². The van der Waals surface area contributed by atoms with Crippen LogP contribution in [0, 0.1) is 5.82 Å². The number of benzene rings is 3. The SMILES string of the molecule is CCc1ccc(C2/C(=C(\O)c3cc(Cl)c(OC)c(Cl)c3)C(=O)C(=O)N2c2ccc(F)c(Cl)c2)cc1. The van der Waals surface area contributed by atoms with E-state index in [1.165, 1.54) is 36.3 Å². The van der Waals surface area contributed by atoms with E-state index in [1.807, 2.05) is 19.1 Å². The normalized spacial score (nSPS) is 17.2. The largest absolute Gasteiger partial charge is 0.507 e. The van der Waals surface area contributed by atoms with E-state index in [0.717, 1.165) is 18.1 Å². The number of anilines is 1. The number of methoxy groups -OCH3 is 1. The number of ketones is 1. The van der Waals surface area contributed by atoms with E-state index in [0.29, 0.717) is 5.56 Å². The van der Waals surface area contributed by atoms with Crippen molar-refractivity contribution in [2.45, 2.75) is 19.4 Å². The van der Waals surface area contributed by atoms with Crippen molar-refractivity contribution in [1.29, 1.82) is 0 Å². The van der Waals surface area contributed by atoms with E-state index in [-0.39, 0.29) is 37.6 Å². The number of rotatable bonds is 5. The second-order valence-electron chi connectivity index (χ2n) is 7.84. The molecule has 1 amide bonds. The lowest BCUT2D eigenvalue weighted by Crippen LogP contribution is -2.29. The molecule has 1 aliphatic heterocycles. The van der Waals surface area contributed by atoms with E-state index >= 15 is 0 Å². The van der Waals surface area contributed by atoms with Gasteiger partial charge in [-0.2, -0.15) is 0 Å². The zero-order valence-corrected chi connectivity index (χ0v) is 20.9. The fourth-order valence-electron chi connectivity index (χ4n) is 4.03. The molecule has 9 heteroatoms. The predicted molar refractivity (Wildman–Crippen MR) is 135 cm³/mol. The highest BCUT2D eigenvalue weighted by Gasteiger charge is 2.47. The Bertz CT molecular complexity index is 1350. The van der Waals surface area contributed by atoms with Crippen molar-refractivity contribution < 1.29 is 23.8 Å². The van der Waals surface area contributed by atoms with Crippen LogP contribution in [0.3, 0.4) is 0 Å². The van der Waals surface area contributed by atoms with Crippen molar-refractivity contribution in [3.63, 3.8) is 0 Å². The first kappa shape index (κ1) is 25.0. The Hall–Kier alpha value is -3.06. The number of nitrogens with zero attached hydrogens (tertiary/aromatic N) is 1. The lowest BCUT2D eigenvalue weighted by atomic mass is 9.94. The average Bonchev–Trinajstić information content (AvgIpc) is 3.10. The number of ether oxygens (including phenoxy) is 1. The molecular formula is C26H19Cl3FNO4. The highest BCUT2D eigenvalue weighted by atomic mass is 35.5. The molecule has 180 valence electrons. The molecule has 1 heterocycles. The summed E-state index contributed by atoms with van der Waals surface area (Å²) in [4.78, 5) is 27.6. The van der Waals surface area contributed by atoms with Gasteiger partial charge in [-0.3, -0.25) is 14.5 Å². The van der Waals surface area contributed by atoms with Gasteiger partial charge in [-0.15, -0.1) is 0 Å². The van der Waals surface area contributed by atoms with Gasteiger partial charge in [0.05, 0.1) is 33.8 Å². The Balaban J connectivity index is 1.96. The summed E-state index contributed by atoms with van der Waals surface area (Å²) < 4.78 is 19.0. The Kier molecular flexibility index (Phi) is 7.08. The standard InChI is InChI=1S/C26H19Cl3FNO4/c1-3-13-4-6-14(7-5-13)22-21(23(32)15-10-18(28)25(35-2)19(29)11-15)24(33)26(34)31(22)16-8-9-20(30)17(27)12-16/h4-12,22,32H,3H2,1-2H3/b23-21+. The van der Waals surface area contributed by atoms with Crippen molar-refractivity contribution >= 4 is 57.9 Å². The van der Waals surface area contributed by atoms with Gasteiger partial charge in [-0.25, -0.2) is 4.39 Å². The number of carbonyl (C=O) groups excluding carboxylic acids is 2. The first-order valence-corrected chi connectivity index (χ1v) is 11.7. The summed E-state index contributed by atoms with van der Waals surface area (Å²) in [5.41, 5.74) is 1.77. The summed E-state index contributed by atoms with van der Waals surface area (Å²) >= 11 is 18.4. The lowest BCUT2D eigenvalue weighted by Gasteiger charge is -2.26. The van der Waals surface area contributed by atoms with Gasteiger partial charge >= 0.3 is 0 Å². The third kappa shape index (κ3) is 4.49. The minimum Gasteiger partial charge on any atom is -0.507 e. The molecule has 0 saturated carbocycles. The molecule has 1 unspecified atom stereocenters. The van der Waals surface area contributed by atoms with Crippen molar-refractivity contribution in [3.8, 4) is 5.75 Å². The van der Waals surface area contributed by atoms with Crippen LogP contribution in [-0.2, 0) is 16.0 Å². The van der Waals surface area contributed by atoms with Crippen molar-refractivity contribution in [2.75, 3.05) is 12.0 Å². The summed E-state index contributed by atoms with van der Waals surface area (Å²) in [6.07, 6.45) is 0.789. The molecule has 35 heavy (non-hydrogen) atoms. The molecule has 1 atom stereocenters. The minimum atomic E-state index is -1.01.